The Bertz CT molecular complexity index is 1020. The van der Waals surface area contributed by atoms with Crippen molar-refractivity contribution in [1.29, 1.82) is 0 Å². The fraction of sp³-hybridized carbons (Fsp3) is 0.125. The Labute approximate surface area is 152 Å². The molecular weight excluding hydrogens is 383 g/mol. The first-order chi connectivity index (χ1) is 12.6. The van der Waals surface area contributed by atoms with Gasteiger partial charge < -0.3 is 10.1 Å². The van der Waals surface area contributed by atoms with Crippen LogP contribution < -0.4 is 5.32 Å². The van der Waals surface area contributed by atoms with Gasteiger partial charge in [0, 0.05) is 18.0 Å². The average molecular weight is 396 g/mol. The highest BCUT2D eigenvalue weighted by Crippen LogP contribution is 2.21. The van der Waals surface area contributed by atoms with Crippen LogP contribution in [-0.2, 0) is 19.4 Å². The second kappa shape index (κ2) is 7.91. The van der Waals surface area contributed by atoms with Crippen LogP contribution in [0, 0.1) is 15.9 Å². The van der Waals surface area contributed by atoms with Crippen LogP contribution in [0.3, 0.4) is 0 Å². The molecule has 0 spiro atoms. The average Bonchev–Trinajstić information content (AvgIpc) is 2.60. The van der Waals surface area contributed by atoms with E-state index in [9.17, 15) is 32.5 Å². The van der Waals surface area contributed by atoms with Crippen LogP contribution in [0.4, 0.5) is 15.8 Å². The largest absolute Gasteiger partial charge is 0.452 e. The maximum atomic E-state index is 13.2. The lowest BCUT2D eigenvalue weighted by Crippen LogP contribution is -2.21. The predicted molar refractivity (Wildman–Crippen MR) is 91.5 cm³/mol. The molecule has 1 amide bonds. The number of carbonyl (C=O) groups excluding carboxylic acids is 2. The number of anilines is 1. The van der Waals surface area contributed by atoms with Gasteiger partial charge in [0.1, 0.15) is 0 Å². The summed E-state index contributed by atoms with van der Waals surface area (Å²) in [5, 5.41) is 12.9. The number of esters is 1. The number of hydrogen-bond acceptors (Lipinski definition) is 7. The summed E-state index contributed by atoms with van der Waals surface area (Å²) in [5.41, 5.74) is -0.936. The molecule has 0 aliphatic carbocycles. The van der Waals surface area contributed by atoms with E-state index in [0.717, 1.165) is 30.5 Å². The van der Waals surface area contributed by atoms with Crippen LogP contribution in [0.15, 0.2) is 47.4 Å². The molecule has 9 nitrogen and oxygen atoms in total. The van der Waals surface area contributed by atoms with E-state index in [-0.39, 0.29) is 16.1 Å². The number of benzene rings is 2. The molecule has 27 heavy (non-hydrogen) atoms. The quantitative estimate of drug-likeness (QED) is 0.448. The Kier molecular flexibility index (Phi) is 5.85. The lowest BCUT2D eigenvalue weighted by Gasteiger charge is -2.07. The monoisotopic (exact) mass is 396 g/mol. The minimum Gasteiger partial charge on any atom is -0.452 e. The first-order valence-corrected chi connectivity index (χ1v) is 9.18. The molecule has 0 aromatic heterocycles. The number of amides is 1. The molecule has 2 aromatic carbocycles. The van der Waals surface area contributed by atoms with Gasteiger partial charge >= 0.3 is 11.7 Å². The number of nitrogens with zero attached hydrogens (tertiary/aromatic N) is 1. The molecule has 2 aromatic rings. The molecule has 0 aliphatic heterocycles. The van der Waals surface area contributed by atoms with Crippen molar-refractivity contribution in [1.82, 2.24) is 0 Å². The highest BCUT2D eigenvalue weighted by Gasteiger charge is 2.17. The Hall–Kier alpha value is -3.34. The molecule has 0 bridgehead atoms. The van der Waals surface area contributed by atoms with E-state index in [0.29, 0.717) is 0 Å². The maximum absolute atomic E-state index is 13.2. The summed E-state index contributed by atoms with van der Waals surface area (Å²) in [5.74, 6) is -2.81. The van der Waals surface area contributed by atoms with E-state index in [1.54, 1.807) is 0 Å². The number of nitro groups is 1. The number of halogens is 1. The van der Waals surface area contributed by atoms with Crippen LogP contribution in [0.25, 0.3) is 0 Å². The van der Waals surface area contributed by atoms with E-state index in [2.05, 4.69) is 5.32 Å². The highest BCUT2D eigenvalue weighted by molar-refractivity contribution is 7.90. The summed E-state index contributed by atoms with van der Waals surface area (Å²) in [6, 6.07) is 7.83. The van der Waals surface area contributed by atoms with Crippen molar-refractivity contribution in [2.24, 2.45) is 0 Å². The van der Waals surface area contributed by atoms with Crippen LogP contribution in [-0.4, -0.2) is 38.1 Å². The molecule has 0 radical (unpaired) electrons. The normalized spacial score (nSPS) is 10.9. The molecule has 2 rings (SSSR count). The third kappa shape index (κ3) is 5.31. The second-order valence-corrected chi connectivity index (χ2v) is 7.36. The van der Waals surface area contributed by atoms with Crippen LogP contribution in [0.1, 0.15) is 10.4 Å². The standard InChI is InChI=1S/C16H13FN2O7S/c1-27(24,25)12-4-2-3-10(7-12)16(21)26-9-15(20)18-11-5-6-13(17)14(8-11)19(22)23/h2-8H,9H2,1H3,(H,18,20). The Morgan fingerprint density at radius 3 is 2.56 bits per heavy atom. The van der Waals surface area contributed by atoms with Gasteiger partial charge in [0.15, 0.2) is 16.4 Å². The van der Waals surface area contributed by atoms with Gasteiger partial charge in [-0.25, -0.2) is 13.2 Å². The van der Waals surface area contributed by atoms with Gasteiger partial charge in [-0.05, 0) is 30.3 Å². The SMILES string of the molecule is CS(=O)(=O)c1cccc(C(=O)OCC(=O)Nc2ccc(F)c([N+](=O)[O-])c2)c1. The fourth-order valence-electron chi connectivity index (χ4n) is 2.00. The van der Waals surface area contributed by atoms with Crippen molar-refractivity contribution in [3.63, 3.8) is 0 Å². The number of hydrogen-bond donors (Lipinski definition) is 1. The first kappa shape index (κ1) is 20.0. The van der Waals surface area contributed by atoms with Gasteiger partial charge in [0.25, 0.3) is 5.91 Å². The van der Waals surface area contributed by atoms with Gasteiger partial charge in [0.05, 0.1) is 15.4 Å². The lowest BCUT2D eigenvalue weighted by molar-refractivity contribution is -0.387. The predicted octanol–water partition coefficient (Wildman–Crippen LogP) is 1.93. The summed E-state index contributed by atoms with van der Waals surface area (Å²) in [4.78, 5) is 33.4. The number of nitro benzene ring substituents is 1. The molecule has 1 N–H and O–H groups in total. The summed E-state index contributed by atoms with van der Waals surface area (Å²) in [7, 11) is -3.52. The Morgan fingerprint density at radius 2 is 1.93 bits per heavy atom. The minimum absolute atomic E-state index is 0.0526. The van der Waals surface area contributed by atoms with Gasteiger partial charge in [-0.1, -0.05) is 6.07 Å². The Morgan fingerprint density at radius 1 is 1.22 bits per heavy atom. The van der Waals surface area contributed by atoms with Crippen molar-refractivity contribution >= 4 is 33.1 Å². The highest BCUT2D eigenvalue weighted by atomic mass is 32.2. The zero-order valence-electron chi connectivity index (χ0n) is 13.8. The summed E-state index contributed by atoms with van der Waals surface area (Å²) >= 11 is 0. The van der Waals surface area contributed by atoms with Crippen molar-refractivity contribution in [2.75, 3.05) is 18.2 Å². The molecular formula is C16H13FN2O7S. The van der Waals surface area contributed by atoms with Crippen LogP contribution in [0.5, 0.6) is 0 Å². The topological polar surface area (TPSA) is 133 Å². The van der Waals surface area contributed by atoms with Crippen molar-refractivity contribution in [3.8, 4) is 0 Å². The van der Waals surface area contributed by atoms with Crippen LogP contribution >= 0.6 is 0 Å². The Balaban J connectivity index is 2.01. The maximum Gasteiger partial charge on any atom is 0.338 e. The molecule has 11 heteroatoms. The number of ether oxygens (including phenoxy) is 1. The number of nitrogens with one attached hydrogen (secondary N) is 1. The molecule has 0 saturated carbocycles. The molecule has 0 fully saturated rings. The second-order valence-electron chi connectivity index (χ2n) is 5.35. The van der Waals surface area contributed by atoms with Gasteiger partial charge in [0.2, 0.25) is 5.82 Å². The zero-order chi connectivity index (χ0) is 20.2. The molecule has 0 heterocycles. The number of rotatable bonds is 6. The summed E-state index contributed by atoms with van der Waals surface area (Å²) in [6.07, 6.45) is 0.979. The number of sulfone groups is 1. The van der Waals surface area contributed by atoms with Crippen molar-refractivity contribution in [2.45, 2.75) is 4.90 Å². The van der Waals surface area contributed by atoms with Gasteiger partial charge in [-0.3, -0.25) is 14.9 Å². The smallest absolute Gasteiger partial charge is 0.338 e. The van der Waals surface area contributed by atoms with E-state index < -0.39 is 44.7 Å². The minimum atomic E-state index is -3.52. The molecule has 0 atom stereocenters. The van der Waals surface area contributed by atoms with E-state index in [1.807, 2.05) is 0 Å². The van der Waals surface area contributed by atoms with Crippen molar-refractivity contribution in [3.05, 3.63) is 64.0 Å². The van der Waals surface area contributed by atoms with E-state index >= 15 is 0 Å². The van der Waals surface area contributed by atoms with E-state index in [1.165, 1.54) is 18.2 Å². The first-order valence-electron chi connectivity index (χ1n) is 7.29. The lowest BCUT2D eigenvalue weighted by atomic mass is 10.2. The zero-order valence-corrected chi connectivity index (χ0v) is 14.7. The fourth-order valence-corrected chi connectivity index (χ4v) is 2.66. The van der Waals surface area contributed by atoms with Gasteiger partial charge in [-0.15, -0.1) is 0 Å². The summed E-state index contributed by atoms with van der Waals surface area (Å²) < 4.78 is 41.0. The van der Waals surface area contributed by atoms with Gasteiger partial charge in [-0.2, -0.15) is 4.39 Å². The molecule has 0 saturated heterocycles. The molecule has 0 aliphatic rings. The molecule has 0 unspecified atom stereocenters. The van der Waals surface area contributed by atoms with Crippen molar-refractivity contribution < 1.29 is 32.1 Å². The summed E-state index contributed by atoms with van der Waals surface area (Å²) in [6.45, 7) is -0.729. The van der Waals surface area contributed by atoms with Crippen LogP contribution in [0.2, 0.25) is 0 Å². The van der Waals surface area contributed by atoms with E-state index in [4.69, 9.17) is 4.74 Å². The third-order valence-corrected chi connectivity index (χ3v) is 4.37. The molecule has 142 valence electrons. The third-order valence-electron chi connectivity index (χ3n) is 3.26. The number of carbonyl (C=O) groups is 2.